The first kappa shape index (κ1) is 34.3. The normalized spacial score (nSPS) is 14.3. The van der Waals surface area contributed by atoms with Crippen LogP contribution in [0, 0.1) is 12.7 Å². The summed E-state index contributed by atoms with van der Waals surface area (Å²) in [5, 5.41) is 3.16. The predicted molar refractivity (Wildman–Crippen MR) is 186 cm³/mol. The van der Waals surface area contributed by atoms with Gasteiger partial charge in [0.15, 0.2) is 0 Å². The van der Waals surface area contributed by atoms with Gasteiger partial charge in [0.1, 0.15) is 18.4 Å². The van der Waals surface area contributed by atoms with Crippen LogP contribution in [0.2, 0.25) is 0 Å². The molecule has 1 N–H and O–H groups in total. The zero-order valence-electron chi connectivity index (χ0n) is 26.3. The number of rotatable bonds is 12. The van der Waals surface area contributed by atoms with Gasteiger partial charge in [-0.1, -0.05) is 107 Å². The zero-order valence-corrected chi connectivity index (χ0v) is 28.7. The minimum atomic E-state index is -4.23. The number of hydrogen-bond acceptors (Lipinski definition) is 4. The van der Waals surface area contributed by atoms with E-state index < -0.39 is 34.3 Å². The van der Waals surface area contributed by atoms with E-state index in [0.717, 1.165) is 47.5 Å². The molecule has 0 radical (unpaired) electrons. The van der Waals surface area contributed by atoms with Crippen molar-refractivity contribution in [2.24, 2.45) is 0 Å². The van der Waals surface area contributed by atoms with Gasteiger partial charge in [0, 0.05) is 29.0 Å². The van der Waals surface area contributed by atoms with Gasteiger partial charge in [-0.15, -0.1) is 0 Å². The fraction of sp³-hybridized carbons (Fsp3) is 0.297. The Hall–Kier alpha value is -4.02. The number of nitrogens with one attached hydrogen (secondary N) is 1. The lowest BCUT2D eigenvalue weighted by Crippen LogP contribution is -2.55. The van der Waals surface area contributed by atoms with Crippen LogP contribution < -0.4 is 9.62 Å². The first-order chi connectivity index (χ1) is 22.6. The highest BCUT2D eigenvalue weighted by atomic mass is 79.9. The molecule has 1 aliphatic carbocycles. The van der Waals surface area contributed by atoms with E-state index in [4.69, 9.17) is 0 Å². The first-order valence-corrected chi connectivity index (χ1v) is 18.1. The molecule has 1 fully saturated rings. The Morgan fingerprint density at radius 2 is 1.57 bits per heavy atom. The summed E-state index contributed by atoms with van der Waals surface area (Å²) in [6, 6.07) is 27.5. The molecule has 0 bridgehead atoms. The maximum absolute atomic E-state index is 15.1. The van der Waals surface area contributed by atoms with Gasteiger partial charge in [0.25, 0.3) is 10.0 Å². The molecular formula is C37H39BrFN3O4S. The van der Waals surface area contributed by atoms with E-state index in [1.807, 2.05) is 37.3 Å². The molecule has 1 saturated carbocycles. The van der Waals surface area contributed by atoms with Crippen LogP contribution in [0.15, 0.2) is 112 Å². The van der Waals surface area contributed by atoms with Crippen molar-refractivity contribution in [3.8, 4) is 0 Å². The van der Waals surface area contributed by atoms with Crippen LogP contribution in [0.1, 0.15) is 48.8 Å². The minimum Gasteiger partial charge on any atom is -0.352 e. The van der Waals surface area contributed by atoms with Crippen LogP contribution in [0.3, 0.4) is 0 Å². The van der Waals surface area contributed by atoms with Crippen molar-refractivity contribution in [1.82, 2.24) is 10.2 Å². The molecule has 0 spiro atoms. The van der Waals surface area contributed by atoms with Crippen molar-refractivity contribution in [3.63, 3.8) is 0 Å². The maximum Gasteiger partial charge on any atom is 0.264 e. The Kier molecular flexibility index (Phi) is 11.5. The number of benzene rings is 4. The molecule has 1 aliphatic rings. The Labute approximate surface area is 285 Å². The molecule has 0 aromatic heterocycles. The Morgan fingerprint density at radius 3 is 2.26 bits per heavy atom. The van der Waals surface area contributed by atoms with Crippen LogP contribution in [-0.4, -0.2) is 43.8 Å². The van der Waals surface area contributed by atoms with Crippen LogP contribution in [0.4, 0.5) is 10.1 Å². The van der Waals surface area contributed by atoms with E-state index in [9.17, 15) is 18.0 Å². The highest BCUT2D eigenvalue weighted by Gasteiger charge is 2.35. The number of anilines is 1. The van der Waals surface area contributed by atoms with Crippen molar-refractivity contribution < 1.29 is 22.4 Å². The van der Waals surface area contributed by atoms with Crippen molar-refractivity contribution in [3.05, 3.63) is 130 Å². The largest absolute Gasteiger partial charge is 0.352 e. The minimum absolute atomic E-state index is 0.0207. The summed E-state index contributed by atoms with van der Waals surface area (Å²) in [6.45, 7) is 1.03. The molecule has 10 heteroatoms. The molecule has 7 nitrogen and oxygen atoms in total. The Bertz CT molecular complexity index is 1780. The molecule has 4 aromatic rings. The van der Waals surface area contributed by atoms with Crippen molar-refractivity contribution in [1.29, 1.82) is 0 Å². The van der Waals surface area contributed by atoms with Crippen molar-refractivity contribution >= 4 is 43.5 Å². The summed E-state index contributed by atoms with van der Waals surface area (Å²) >= 11 is 3.43. The second kappa shape index (κ2) is 15.7. The summed E-state index contributed by atoms with van der Waals surface area (Å²) in [6.07, 6.45) is 4.97. The number of hydrogen-bond donors (Lipinski definition) is 1. The SMILES string of the molecule is Cc1ccc(S(=O)(=O)N(CC(=O)N(Cc2ccccc2F)[C@H](Cc2ccccc2)C(=O)NC2CCCCC2)c2cccc(Br)c2)cc1. The second-order valence-electron chi connectivity index (χ2n) is 12.0. The van der Waals surface area contributed by atoms with Gasteiger partial charge in [-0.2, -0.15) is 0 Å². The lowest BCUT2D eigenvalue weighted by molar-refractivity contribution is -0.140. The third kappa shape index (κ3) is 8.87. The average Bonchev–Trinajstić information content (AvgIpc) is 3.07. The molecule has 47 heavy (non-hydrogen) atoms. The summed E-state index contributed by atoms with van der Waals surface area (Å²) in [7, 11) is -4.23. The van der Waals surface area contributed by atoms with Gasteiger partial charge in [0.2, 0.25) is 11.8 Å². The fourth-order valence-electron chi connectivity index (χ4n) is 5.91. The number of halogens is 2. The predicted octanol–water partition coefficient (Wildman–Crippen LogP) is 7.18. The van der Waals surface area contributed by atoms with Crippen LogP contribution in [-0.2, 0) is 32.6 Å². The second-order valence-corrected chi connectivity index (χ2v) is 14.7. The molecule has 4 aromatic carbocycles. The van der Waals surface area contributed by atoms with Gasteiger partial charge in [-0.3, -0.25) is 13.9 Å². The summed E-state index contributed by atoms with van der Waals surface area (Å²) in [5.74, 6) is -1.50. The van der Waals surface area contributed by atoms with Crippen molar-refractivity contribution in [2.75, 3.05) is 10.8 Å². The highest BCUT2D eigenvalue weighted by molar-refractivity contribution is 9.10. The van der Waals surface area contributed by atoms with Gasteiger partial charge in [-0.25, -0.2) is 12.8 Å². The Morgan fingerprint density at radius 1 is 0.894 bits per heavy atom. The van der Waals surface area contributed by atoms with E-state index in [1.165, 1.54) is 23.1 Å². The van der Waals surface area contributed by atoms with E-state index >= 15 is 4.39 Å². The molecule has 0 unspecified atom stereocenters. The first-order valence-electron chi connectivity index (χ1n) is 15.8. The number of aryl methyl sites for hydroxylation is 1. The van der Waals surface area contributed by atoms with E-state index in [1.54, 1.807) is 54.6 Å². The van der Waals surface area contributed by atoms with Gasteiger partial charge in [0.05, 0.1) is 10.6 Å². The number of amides is 2. The lowest BCUT2D eigenvalue weighted by Gasteiger charge is -2.35. The van der Waals surface area contributed by atoms with E-state index in [2.05, 4.69) is 21.2 Å². The van der Waals surface area contributed by atoms with Gasteiger partial charge < -0.3 is 10.2 Å². The number of sulfonamides is 1. The molecular weight excluding hydrogens is 681 g/mol. The molecule has 0 aliphatic heterocycles. The van der Waals surface area contributed by atoms with Crippen LogP contribution >= 0.6 is 15.9 Å². The standard InChI is InChI=1S/C37H39BrFN3O4S/c1-27-19-21-33(22-20-27)47(45,46)42(32-17-10-14-30(38)24-32)26-36(43)41(25-29-13-8-9-18-34(29)39)35(23-28-11-4-2-5-12-28)37(44)40-31-15-6-3-7-16-31/h2,4-5,8-14,17-22,24,31,35H,3,6-7,15-16,23,25-26H2,1H3,(H,40,44)/t35-/m1/s1. The fourth-order valence-corrected chi connectivity index (χ4v) is 7.70. The number of carbonyl (C=O) groups is 2. The lowest BCUT2D eigenvalue weighted by atomic mass is 9.94. The topological polar surface area (TPSA) is 86.8 Å². The highest BCUT2D eigenvalue weighted by Crippen LogP contribution is 2.28. The third-order valence-electron chi connectivity index (χ3n) is 8.51. The van der Waals surface area contributed by atoms with Crippen LogP contribution in [0.5, 0.6) is 0 Å². The smallest absolute Gasteiger partial charge is 0.264 e. The average molecular weight is 721 g/mol. The zero-order chi connectivity index (χ0) is 33.4. The molecule has 246 valence electrons. The quantitative estimate of drug-likeness (QED) is 0.168. The van der Waals surface area contributed by atoms with E-state index in [-0.39, 0.29) is 41.1 Å². The van der Waals surface area contributed by atoms with Crippen LogP contribution in [0.25, 0.3) is 0 Å². The molecule has 5 rings (SSSR count). The molecule has 0 saturated heterocycles. The van der Waals surface area contributed by atoms with Crippen molar-refractivity contribution in [2.45, 2.75) is 69.0 Å². The monoisotopic (exact) mass is 719 g/mol. The third-order valence-corrected chi connectivity index (χ3v) is 10.8. The Balaban J connectivity index is 1.57. The molecule has 2 amide bonds. The summed E-state index contributed by atoms with van der Waals surface area (Å²) in [5.41, 5.74) is 2.20. The molecule has 1 atom stereocenters. The summed E-state index contributed by atoms with van der Waals surface area (Å²) < 4.78 is 45.2. The summed E-state index contributed by atoms with van der Waals surface area (Å²) in [4.78, 5) is 30.1. The van der Waals surface area contributed by atoms with Gasteiger partial charge >= 0.3 is 0 Å². The van der Waals surface area contributed by atoms with E-state index in [0.29, 0.717) is 4.47 Å². The molecule has 0 heterocycles. The number of carbonyl (C=O) groups excluding carboxylic acids is 2. The maximum atomic E-state index is 15.1. The number of nitrogens with zero attached hydrogens (tertiary/aromatic N) is 2. The van der Waals surface area contributed by atoms with Gasteiger partial charge in [-0.05, 0) is 61.7 Å².